The minimum absolute atomic E-state index is 0.149. The highest BCUT2D eigenvalue weighted by Gasteiger charge is 2.17. The van der Waals surface area contributed by atoms with Crippen LogP contribution in [0, 0.1) is 11.3 Å². The van der Waals surface area contributed by atoms with Gasteiger partial charge in [0.1, 0.15) is 0 Å². The van der Waals surface area contributed by atoms with Crippen molar-refractivity contribution in [3.05, 3.63) is 65.7 Å². The molecule has 0 aliphatic heterocycles. The van der Waals surface area contributed by atoms with E-state index in [9.17, 15) is 4.79 Å². The molecule has 2 N–H and O–H groups in total. The summed E-state index contributed by atoms with van der Waals surface area (Å²) in [7, 11) is 0. The quantitative estimate of drug-likeness (QED) is 0.584. The summed E-state index contributed by atoms with van der Waals surface area (Å²) in [5, 5.41) is 23.6. The second kappa shape index (κ2) is 9.16. The maximum Gasteiger partial charge on any atom is 0.237 e. The molecule has 0 saturated heterocycles. The normalized spacial score (nSPS) is 11.4. The molecule has 27 heavy (non-hydrogen) atoms. The second-order valence-corrected chi connectivity index (χ2v) is 8.22. The number of aromatic nitrogens is 2. The van der Waals surface area contributed by atoms with Crippen molar-refractivity contribution >= 4 is 39.8 Å². The fourth-order valence-corrected chi connectivity index (χ4v) is 4.11. The van der Waals surface area contributed by atoms with Crippen LogP contribution in [0.4, 0.5) is 10.8 Å². The van der Waals surface area contributed by atoms with Crippen LogP contribution >= 0.6 is 23.1 Å². The van der Waals surface area contributed by atoms with Crippen LogP contribution in [-0.2, 0) is 11.3 Å². The van der Waals surface area contributed by atoms with Gasteiger partial charge in [0, 0.05) is 12.2 Å². The zero-order valence-electron chi connectivity index (χ0n) is 14.5. The Morgan fingerprint density at radius 3 is 2.81 bits per heavy atom. The van der Waals surface area contributed by atoms with Crippen LogP contribution in [0.2, 0.25) is 0 Å². The first-order valence-corrected chi connectivity index (χ1v) is 9.92. The fourth-order valence-electron chi connectivity index (χ4n) is 2.22. The number of thioether (sulfide) groups is 1. The number of hydrogen-bond donors (Lipinski definition) is 2. The lowest BCUT2D eigenvalue weighted by atomic mass is 10.2. The summed E-state index contributed by atoms with van der Waals surface area (Å²) in [6.07, 6.45) is 0. The molecule has 3 rings (SSSR count). The van der Waals surface area contributed by atoms with E-state index in [4.69, 9.17) is 5.26 Å². The first-order valence-electron chi connectivity index (χ1n) is 8.23. The number of carbonyl (C=O) groups excluding carboxylic acids is 1. The van der Waals surface area contributed by atoms with Gasteiger partial charge in [-0.1, -0.05) is 59.5 Å². The SMILES string of the molecule is C[C@H](Sc1nnc(NCc2ccccc2)s1)C(=O)Nc1cccc(C#N)c1. The minimum atomic E-state index is -0.342. The van der Waals surface area contributed by atoms with Crippen LogP contribution in [0.15, 0.2) is 58.9 Å². The van der Waals surface area contributed by atoms with Crippen LogP contribution < -0.4 is 10.6 Å². The first-order chi connectivity index (χ1) is 13.1. The Bertz CT molecular complexity index is 952. The Kier molecular flexibility index (Phi) is 6.41. The summed E-state index contributed by atoms with van der Waals surface area (Å²) in [6, 6.07) is 18.9. The number of nitrogens with zero attached hydrogens (tertiary/aromatic N) is 3. The number of rotatable bonds is 7. The fraction of sp³-hybridized carbons (Fsp3) is 0.158. The molecule has 8 heteroatoms. The van der Waals surface area contributed by atoms with Gasteiger partial charge in [-0.05, 0) is 30.7 Å². The summed E-state index contributed by atoms with van der Waals surface area (Å²) in [5.41, 5.74) is 2.27. The van der Waals surface area contributed by atoms with Crippen molar-refractivity contribution in [1.82, 2.24) is 10.2 Å². The molecule has 1 atom stereocenters. The number of nitriles is 1. The predicted molar refractivity (Wildman–Crippen MR) is 109 cm³/mol. The monoisotopic (exact) mass is 395 g/mol. The summed E-state index contributed by atoms with van der Waals surface area (Å²) in [5.74, 6) is -0.149. The molecule has 0 aliphatic carbocycles. The van der Waals surface area contributed by atoms with E-state index in [2.05, 4.69) is 26.9 Å². The van der Waals surface area contributed by atoms with E-state index in [1.54, 1.807) is 24.3 Å². The zero-order chi connectivity index (χ0) is 19.1. The molecule has 0 fully saturated rings. The number of benzene rings is 2. The van der Waals surface area contributed by atoms with Gasteiger partial charge in [0.2, 0.25) is 11.0 Å². The Hall–Kier alpha value is -2.89. The molecule has 136 valence electrons. The van der Waals surface area contributed by atoms with Gasteiger partial charge in [-0.15, -0.1) is 10.2 Å². The number of amides is 1. The highest BCUT2D eigenvalue weighted by atomic mass is 32.2. The maximum atomic E-state index is 12.4. The lowest BCUT2D eigenvalue weighted by molar-refractivity contribution is -0.115. The van der Waals surface area contributed by atoms with Crippen LogP contribution in [-0.4, -0.2) is 21.4 Å². The number of hydrogen-bond acceptors (Lipinski definition) is 7. The summed E-state index contributed by atoms with van der Waals surface area (Å²) < 4.78 is 0.721. The Labute approximate surface area is 165 Å². The molecule has 6 nitrogen and oxygen atoms in total. The molecular formula is C19H17N5OS2. The Morgan fingerprint density at radius 2 is 2.04 bits per heavy atom. The van der Waals surface area contributed by atoms with E-state index in [0.29, 0.717) is 17.8 Å². The molecule has 1 aromatic heterocycles. The smallest absolute Gasteiger partial charge is 0.237 e. The van der Waals surface area contributed by atoms with Crippen molar-refractivity contribution < 1.29 is 4.79 Å². The van der Waals surface area contributed by atoms with Gasteiger partial charge in [-0.3, -0.25) is 4.79 Å². The Balaban J connectivity index is 1.53. The van der Waals surface area contributed by atoms with E-state index < -0.39 is 0 Å². The molecule has 3 aromatic rings. The van der Waals surface area contributed by atoms with Gasteiger partial charge in [0.15, 0.2) is 4.34 Å². The standard InChI is InChI=1S/C19H17N5OS2/c1-13(17(25)22-16-9-5-8-15(10-16)11-20)26-19-24-23-18(27-19)21-12-14-6-3-2-4-7-14/h2-10,13H,12H2,1H3,(H,21,23)(H,22,25)/t13-/m0/s1. The molecule has 0 radical (unpaired) electrons. The number of nitrogens with one attached hydrogen (secondary N) is 2. The summed E-state index contributed by atoms with van der Waals surface area (Å²) in [4.78, 5) is 12.4. The van der Waals surface area contributed by atoms with Gasteiger partial charge in [0.05, 0.1) is 16.9 Å². The molecule has 0 spiro atoms. The van der Waals surface area contributed by atoms with E-state index >= 15 is 0 Å². The molecule has 0 aliphatic rings. The largest absolute Gasteiger partial charge is 0.356 e. The second-order valence-electron chi connectivity index (χ2n) is 5.65. The van der Waals surface area contributed by atoms with E-state index in [0.717, 1.165) is 15.0 Å². The zero-order valence-corrected chi connectivity index (χ0v) is 16.2. The third kappa shape index (κ3) is 5.54. The average molecular weight is 396 g/mol. The van der Waals surface area contributed by atoms with Crippen LogP contribution in [0.25, 0.3) is 0 Å². The first kappa shape index (κ1) is 18.9. The highest BCUT2D eigenvalue weighted by Crippen LogP contribution is 2.29. The molecule has 0 unspecified atom stereocenters. The van der Waals surface area contributed by atoms with E-state index in [1.165, 1.54) is 23.1 Å². The molecule has 1 heterocycles. The molecular weight excluding hydrogens is 378 g/mol. The van der Waals surface area contributed by atoms with Crippen LogP contribution in [0.1, 0.15) is 18.1 Å². The number of carbonyl (C=O) groups is 1. The van der Waals surface area contributed by atoms with Gasteiger partial charge in [-0.25, -0.2) is 0 Å². The van der Waals surface area contributed by atoms with Gasteiger partial charge in [-0.2, -0.15) is 5.26 Å². The summed E-state index contributed by atoms with van der Waals surface area (Å²) in [6.45, 7) is 2.48. The van der Waals surface area contributed by atoms with Crippen molar-refractivity contribution in [3.8, 4) is 6.07 Å². The van der Waals surface area contributed by atoms with Crippen molar-refractivity contribution in [2.75, 3.05) is 10.6 Å². The molecule has 2 aromatic carbocycles. The lowest BCUT2D eigenvalue weighted by Crippen LogP contribution is -2.22. The van der Waals surface area contributed by atoms with E-state index in [-0.39, 0.29) is 11.2 Å². The maximum absolute atomic E-state index is 12.4. The minimum Gasteiger partial charge on any atom is -0.356 e. The topological polar surface area (TPSA) is 90.7 Å². The number of anilines is 2. The Morgan fingerprint density at radius 1 is 1.22 bits per heavy atom. The lowest BCUT2D eigenvalue weighted by Gasteiger charge is -2.10. The van der Waals surface area contributed by atoms with E-state index in [1.807, 2.05) is 37.3 Å². The third-order valence-electron chi connectivity index (χ3n) is 3.60. The van der Waals surface area contributed by atoms with Crippen LogP contribution in [0.3, 0.4) is 0 Å². The van der Waals surface area contributed by atoms with Gasteiger partial charge >= 0.3 is 0 Å². The molecule has 0 bridgehead atoms. The van der Waals surface area contributed by atoms with Gasteiger partial charge < -0.3 is 10.6 Å². The van der Waals surface area contributed by atoms with Crippen molar-refractivity contribution in [1.29, 1.82) is 5.26 Å². The average Bonchev–Trinajstić information content (AvgIpc) is 3.14. The van der Waals surface area contributed by atoms with Crippen molar-refractivity contribution in [3.63, 3.8) is 0 Å². The third-order valence-corrected chi connectivity index (χ3v) is 5.66. The van der Waals surface area contributed by atoms with Crippen molar-refractivity contribution in [2.45, 2.75) is 23.1 Å². The molecule has 0 saturated carbocycles. The van der Waals surface area contributed by atoms with Crippen molar-refractivity contribution in [2.24, 2.45) is 0 Å². The predicted octanol–water partition coefficient (Wildman–Crippen LogP) is 4.14. The van der Waals surface area contributed by atoms with Crippen LogP contribution in [0.5, 0.6) is 0 Å². The molecule has 1 amide bonds. The summed E-state index contributed by atoms with van der Waals surface area (Å²) >= 11 is 2.77. The highest BCUT2D eigenvalue weighted by molar-refractivity contribution is 8.02. The van der Waals surface area contributed by atoms with Gasteiger partial charge in [0.25, 0.3) is 0 Å².